The van der Waals surface area contributed by atoms with Gasteiger partial charge in [-0.05, 0) is 26.0 Å². The van der Waals surface area contributed by atoms with Crippen LogP contribution in [0.3, 0.4) is 0 Å². The fourth-order valence-electron chi connectivity index (χ4n) is 1.59. The molecule has 0 fully saturated rings. The first-order chi connectivity index (χ1) is 10.9. The van der Waals surface area contributed by atoms with E-state index in [0.717, 1.165) is 10.6 Å². The van der Waals surface area contributed by atoms with Gasteiger partial charge in [0, 0.05) is 16.0 Å². The maximum absolute atomic E-state index is 11.7. The molecule has 2 amide bonds. The van der Waals surface area contributed by atoms with Crippen LogP contribution in [0.25, 0.3) is 0 Å². The Labute approximate surface area is 140 Å². The molecule has 0 aliphatic heterocycles. The molecule has 122 valence electrons. The van der Waals surface area contributed by atoms with E-state index in [1.54, 1.807) is 12.1 Å². The predicted octanol–water partition coefficient (Wildman–Crippen LogP) is 1.37. The summed E-state index contributed by atoms with van der Waals surface area (Å²) in [7, 11) is 0. The molecule has 9 heteroatoms. The van der Waals surface area contributed by atoms with E-state index in [1.807, 2.05) is 19.2 Å². The van der Waals surface area contributed by atoms with Crippen molar-refractivity contribution in [2.45, 2.75) is 20.3 Å². The fraction of sp³-hybridized carbons (Fsp3) is 0.286. The molecule has 7 nitrogen and oxygen atoms in total. The summed E-state index contributed by atoms with van der Waals surface area (Å²) in [6, 6.07) is 3.43. The normalized spacial score (nSPS) is 10.2. The highest BCUT2D eigenvalue weighted by Crippen LogP contribution is 2.15. The molecule has 0 saturated heterocycles. The summed E-state index contributed by atoms with van der Waals surface area (Å²) in [5, 5.41) is 2.50. The van der Waals surface area contributed by atoms with Crippen molar-refractivity contribution in [2.24, 2.45) is 0 Å². The van der Waals surface area contributed by atoms with E-state index in [2.05, 4.69) is 15.8 Å². The van der Waals surface area contributed by atoms with Gasteiger partial charge < -0.3 is 4.74 Å². The van der Waals surface area contributed by atoms with Crippen molar-refractivity contribution in [3.8, 4) is 0 Å². The summed E-state index contributed by atoms with van der Waals surface area (Å²) in [5.41, 5.74) is 5.28. The Morgan fingerprint density at radius 1 is 1.17 bits per heavy atom. The average molecular weight is 353 g/mol. The molecule has 0 radical (unpaired) electrons. The summed E-state index contributed by atoms with van der Waals surface area (Å²) >= 11 is 2.66. The Bertz CT molecular complexity index is 723. The quantitative estimate of drug-likeness (QED) is 0.625. The lowest BCUT2D eigenvalue weighted by molar-refractivity contribution is -0.130. The molecule has 2 aromatic heterocycles. The van der Waals surface area contributed by atoms with E-state index >= 15 is 0 Å². The summed E-state index contributed by atoms with van der Waals surface area (Å²) < 4.78 is 4.85. The minimum absolute atomic E-state index is 0.0764. The SMILES string of the molecule is Cc1csc(CC(=O)NNC(=O)COC(=O)c2ccc(C)s2)n1. The van der Waals surface area contributed by atoms with Crippen molar-refractivity contribution in [3.63, 3.8) is 0 Å². The molecule has 2 N–H and O–H groups in total. The maximum Gasteiger partial charge on any atom is 0.348 e. The van der Waals surface area contributed by atoms with Gasteiger partial charge in [-0.15, -0.1) is 22.7 Å². The molecule has 0 aromatic carbocycles. The lowest BCUT2D eigenvalue weighted by Crippen LogP contribution is -2.44. The van der Waals surface area contributed by atoms with Crippen molar-refractivity contribution in [2.75, 3.05) is 6.61 Å². The van der Waals surface area contributed by atoms with Gasteiger partial charge in [-0.3, -0.25) is 20.4 Å². The van der Waals surface area contributed by atoms with Crippen molar-refractivity contribution in [1.82, 2.24) is 15.8 Å². The van der Waals surface area contributed by atoms with Gasteiger partial charge in [0.2, 0.25) is 5.91 Å². The fourth-order valence-corrected chi connectivity index (χ4v) is 3.12. The Hall–Kier alpha value is -2.26. The van der Waals surface area contributed by atoms with Crippen LogP contribution in [0.2, 0.25) is 0 Å². The number of nitrogens with zero attached hydrogens (tertiary/aromatic N) is 1. The van der Waals surface area contributed by atoms with Crippen molar-refractivity contribution in [1.29, 1.82) is 0 Å². The zero-order valence-corrected chi connectivity index (χ0v) is 14.2. The molecular weight excluding hydrogens is 338 g/mol. The largest absolute Gasteiger partial charge is 0.451 e. The van der Waals surface area contributed by atoms with Gasteiger partial charge in [-0.25, -0.2) is 9.78 Å². The number of aryl methyl sites for hydroxylation is 2. The number of rotatable bonds is 5. The van der Waals surface area contributed by atoms with Crippen LogP contribution < -0.4 is 10.9 Å². The number of esters is 1. The van der Waals surface area contributed by atoms with Crippen molar-refractivity contribution >= 4 is 40.5 Å². The van der Waals surface area contributed by atoms with Crippen LogP contribution in [-0.4, -0.2) is 29.4 Å². The highest BCUT2D eigenvalue weighted by atomic mass is 32.1. The molecule has 2 rings (SSSR count). The van der Waals surface area contributed by atoms with E-state index in [1.165, 1.54) is 22.7 Å². The molecule has 0 bridgehead atoms. The van der Waals surface area contributed by atoms with Crippen LogP contribution in [0.15, 0.2) is 17.5 Å². The summed E-state index contributed by atoms with van der Waals surface area (Å²) in [6.45, 7) is 3.24. The zero-order chi connectivity index (χ0) is 16.8. The van der Waals surface area contributed by atoms with Crippen molar-refractivity contribution in [3.05, 3.63) is 38.0 Å². The highest BCUT2D eigenvalue weighted by Gasteiger charge is 2.13. The first-order valence-corrected chi connectivity index (χ1v) is 8.36. The molecule has 0 unspecified atom stereocenters. The molecular formula is C14H15N3O4S2. The Balaban J connectivity index is 1.68. The second-order valence-electron chi connectivity index (χ2n) is 4.64. The molecule has 2 heterocycles. The number of thiophene rings is 1. The minimum Gasteiger partial charge on any atom is -0.451 e. The molecule has 23 heavy (non-hydrogen) atoms. The standard InChI is InChI=1S/C14H15N3O4S2/c1-8-7-22-13(15-8)5-11(18)16-17-12(19)6-21-14(20)10-4-3-9(2)23-10/h3-4,7H,5-6H2,1-2H3,(H,16,18)(H,17,19). The second kappa shape index (κ2) is 7.84. The predicted molar refractivity (Wildman–Crippen MR) is 86.2 cm³/mol. The Morgan fingerprint density at radius 3 is 2.52 bits per heavy atom. The summed E-state index contributed by atoms with van der Waals surface area (Å²) in [6.07, 6.45) is 0.0764. The number of nitrogens with one attached hydrogen (secondary N) is 2. The lowest BCUT2D eigenvalue weighted by Gasteiger charge is -2.07. The smallest absolute Gasteiger partial charge is 0.348 e. The Morgan fingerprint density at radius 2 is 1.91 bits per heavy atom. The number of amides is 2. The molecule has 0 atom stereocenters. The third kappa shape index (κ3) is 5.46. The monoisotopic (exact) mass is 353 g/mol. The third-order valence-electron chi connectivity index (χ3n) is 2.60. The van der Waals surface area contributed by atoms with E-state index in [4.69, 9.17) is 4.74 Å². The number of ether oxygens (including phenoxy) is 1. The number of carbonyl (C=O) groups excluding carboxylic acids is 3. The third-order valence-corrected chi connectivity index (χ3v) is 4.54. The highest BCUT2D eigenvalue weighted by molar-refractivity contribution is 7.13. The van der Waals surface area contributed by atoms with Gasteiger partial charge in [0.05, 0.1) is 6.42 Å². The number of aromatic nitrogens is 1. The molecule has 0 spiro atoms. The van der Waals surface area contributed by atoms with E-state index in [-0.39, 0.29) is 6.42 Å². The first-order valence-electron chi connectivity index (χ1n) is 6.66. The number of thiazole rings is 1. The maximum atomic E-state index is 11.7. The molecule has 2 aromatic rings. The number of hydrogen-bond acceptors (Lipinski definition) is 7. The first kappa shape index (κ1) is 17.1. The minimum atomic E-state index is -0.615. The van der Waals surface area contributed by atoms with Gasteiger partial charge in [0.15, 0.2) is 6.61 Å². The average Bonchev–Trinajstić information content (AvgIpc) is 3.11. The van der Waals surface area contributed by atoms with Gasteiger partial charge in [-0.2, -0.15) is 0 Å². The summed E-state index contributed by atoms with van der Waals surface area (Å²) in [5.74, 6) is -1.58. The molecule has 0 saturated carbocycles. The van der Waals surface area contributed by atoms with Gasteiger partial charge in [0.25, 0.3) is 5.91 Å². The summed E-state index contributed by atoms with van der Waals surface area (Å²) in [4.78, 5) is 40.4. The van der Waals surface area contributed by atoms with Gasteiger partial charge in [0.1, 0.15) is 9.88 Å². The molecule has 0 aliphatic rings. The zero-order valence-electron chi connectivity index (χ0n) is 12.5. The van der Waals surface area contributed by atoms with Crippen LogP contribution in [0, 0.1) is 13.8 Å². The van der Waals surface area contributed by atoms with E-state index < -0.39 is 24.4 Å². The lowest BCUT2D eigenvalue weighted by atomic mass is 10.4. The van der Waals surface area contributed by atoms with Crippen molar-refractivity contribution < 1.29 is 19.1 Å². The number of hydrazine groups is 1. The van der Waals surface area contributed by atoms with Crippen LogP contribution in [0.4, 0.5) is 0 Å². The number of hydrogen-bond donors (Lipinski definition) is 2. The van der Waals surface area contributed by atoms with Gasteiger partial charge >= 0.3 is 5.97 Å². The van der Waals surface area contributed by atoms with Crippen LogP contribution in [-0.2, 0) is 20.7 Å². The second-order valence-corrected chi connectivity index (χ2v) is 6.87. The Kier molecular flexibility index (Phi) is 5.83. The van der Waals surface area contributed by atoms with Crippen LogP contribution in [0.1, 0.15) is 25.3 Å². The topological polar surface area (TPSA) is 97.4 Å². The van der Waals surface area contributed by atoms with Crippen LogP contribution >= 0.6 is 22.7 Å². The van der Waals surface area contributed by atoms with Crippen LogP contribution in [0.5, 0.6) is 0 Å². The van der Waals surface area contributed by atoms with E-state index in [9.17, 15) is 14.4 Å². The molecule has 0 aliphatic carbocycles. The number of carbonyl (C=O) groups is 3. The van der Waals surface area contributed by atoms with E-state index in [0.29, 0.717) is 9.88 Å². The van der Waals surface area contributed by atoms with Gasteiger partial charge in [-0.1, -0.05) is 0 Å².